The van der Waals surface area contributed by atoms with Crippen LogP contribution < -0.4 is 11.1 Å². The molecule has 9 nitrogen and oxygen atoms in total. The molecule has 9 heteroatoms. The Morgan fingerprint density at radius 1 is 0.467 bits per heavy atom. The van der Waals surface area contributed by atoms with E-state index < -0.39 is 11.9 Å². The molecule has 342 valence electrons. The number of carboxylic acids is 2. The van der Waals surface area contributed by atoms with Gasteiger partial charge in [0, 0.05) is 24.2 Å². The van der Waals surface area contributed by atoms with Crippen molar-refractivity contribution in [2.45, 2.75) is 219 Å². The SMILES string of the molecule is CCCCCCCCCCCCCCCCCC(=O)Nc1ccc(C(=O)O)cc1.CCCCCCCCCCCCCCCCCC(=O)O.COC(=O)c1ccc(N)cc1. The third-order valence-electron chi connectivity index (χ3n) is 10.7. The Hall–Kier alpha value is -3.88. The molecule has 0 aliphatic carbocycles. The normalized spacial score (nSPS) is 10.5. The fourth-order valence-corrected chi connectivity index (χ4v) is 6.96. The number of amides is 1. The Morgan fingerprint density at radius 2 is 0.783 bits per heavy atom. The summed E-state index contributed by atoms with van der Waals surface area (Å²) in [5.74, 6) is -1.95. The number of benzene rings is 2. The van der Waals surface area contributed by atoms with Gasteiger partial charge in [-0.2, -0.15) is 0 Å². The predicted molar refractivity (Wildman–Crippen MR) is 251 cm³/mol. The van der Waals surface area contributed by atoms with Crippen LogP contribution in [0.2, 0.25) is 0 Å². The first-order valence-corrected chi connectivity index (χ1v) is 23.9. The van der Waals surface area contributed by atoms with E-state index >= 15 is 0 Å². The van der Waals surface area contributed by atoms with Crippen molar-refractivity contribution in [2.24, 2.45) is 0 Å². The number of ether oxygens (including phenoxy) is 1. The van der Waals surface area contributed by atoms with Crippen LogP contribution in [0.25, 0.3) is 0 Å². The molecule has 0 aromatic heterocycles. The second-order valence-corrected chi connectivity index (χ2v) is 16.3. The molecule has 0 saturated heterocycles. The topological polar surface area (TPSA) is 156 Å². The summed E-state index contributed by atoms with van der Waals surface area (Å²) in [4.78, 5) is 43.9. The molecule has 0 fully saturated rings. The molecule has 0 saturated carbocycles. The second-order valence-electron chi connectivity index (χ2n) is 16.3. The number of nitrogens with two attached hydrogens (primary N) is 1. The van der Waals surface area contributed by atoms with Crippen LogP contribution >= 0.6 is 0 Å². The van der Waals surface area contributed by atoms with E-state index in [1.165, 1.54) is 186 Å². The Morgan fingerprint density at radius 3 is 1.10 bits per heavy atom. The van der Waals surface area contributed by atoms with E-state index in [-0.39, 0.29) is 17.4 Å². The number of rotatable bonds is 35. The van der Waals surface area contributed by atoms with Crippen molar-refractivity contribution in [1.29, 1.82) is 0 Å². The number of hydrogen-bond acceptors (Lipinski definition) is 6. The van der Waals surface area contributed by atoms with Crippen molar-refractivity contribution in [3.05, 3.63) is 59.7 Å². The number of aromatic carboxylic acids is 1. The zero-order chi connectivity index (χ0) is 44.3. The third kappa shape index (κ3) is 37.1. The quantitative estimate of drug-likeness (QED) is 0.0304. The lowest BCUT2D eigenvalue weighted by Crippen LogP contribution is -2.11. The third-order valence-corrected chi connectivity index (χ3v) is 10.7. The van der Waals surface area contributed by atoms with Crippen LogP contribution in [0, 0.1) is 0 Å². The fourth-order valence-electron chi connectivity index (χ4n) is 6.96. The van der Waals surface area contributed by atoms with Crippen molar-refractivity contribution < 1.29 is 34.1 Å². The molecule has 0 aliphatic heterocycles. The lowest BCUT2D eigenvalue weighted by atomic mass is 10.0. The van der Waals surface area contributed by atoms with E-state index in [9.17, 15) is 19.2 Å². The molecular formula is C51H86N2O7. The molecular weight excluding hydrogens is 753 g/mol. The van der Waals surface area contributed by atoms with Crippen LogP contribution in [0.15, 0.2) is 48.5 Å². The monoisotopic (exact) mass is 839 g/mol. The first-order chi connectivity index (χ1) is 29.1. The Labute approximate surface area is 365 Å². The van der Waals surface area contributed by atoms with Crippen LogP contribution in [0.5, 0.6) is 0 Å². The van der Waals surface area contributed by atoms with Gasteiger partial charge in [0.05, 0.1) is 18.2 Å². The number of esters is 1. The van der Waals surface area contributed by atoms with Gasteiger partial charge in [0.2, 0.25) is 5.91 Å². The highest BCUT2D eigenvalue weighted by molar-refractivity contribution is 5.92. The van der Waals surface area contributed by atoms with E-state index in [1.807, 2.05) is 0 Å². The van der Waals surface area contributed by atoms with Gasteiger partial charge in [-0.1, -0.05) is 194 Å². The van der Waals surface area contributed by atoms with Crippen molar-refractivity contribution in [2.75, 3.05) is 18.2 Å². The van der Waals surface area contributed by atoms with Crippen LogP contribution in [-0.4, -0.2) is 41.1 Å². The Kier molecular flexibility index (Phi) is 39.1. The summed E-state index contributed by atoms with van der Waals surface area (Å²) in [6, 6.07) is 12.8. The summed E-state index contributed by atoms with van der Waals surface area (Å²) in [6.45, 7) is 4.54. The molecule has 2 aromatic rings. The molecule has 0 spiro atoms. The van der Waals surface area contributed by atoms with Crippen molar-refractivity contribution in [3.8, 4) is 0 Å². The van der Waals surface area contributed by atoms with Gasteiger partial charge < -0.3 is 26.0 Å². The number of carbonyl (C=O) groups is 4. The van der Waals surface area contributed by atoms with Gasteiger partial charge >= 0.3 is 17.9 Å². The summed E-state index contributed by atoms with van der Waals surface area (Å²) < 4.78 is 4.50. The molecule has 0 atom stereocenters. The Bertz CT molecular complexity index is 1310. The molecule has 2 aromatic carbocycles. The number of aliphatic carboxylic acids is 1. The molecule has 1 amide bonds. The van der Waals surface area contributed by atoms with E-state index in [1.54, 1.807) is 36.4 Å². The summed E-state index contributed by atoms with van der Waals surface area (Å²) >= 11 is 0. The van der Waals surface area contributed by atoms with Gasteiger partial charge in [-0.25, -0.2) is 9.59 Å². The van der Waals surface area contributed by atoms with Gasteiger partial charge in [-0.3, -0.25) is 9.59 Å². The minimum Gasteiger partial charge on any atom is -0.481 e. The summed E-state index contributed by atoms with van der Waals surface area (Å²) in [5.41, 5.74) is 7.45. The summed E-state index contributed by atoms with van der Waals surface area (Å²) in [7, 11) is 1.35. The van der Waals surface area contributed by atoms with Gasteiger partial charge in [0.15, 0.2) is 0 Å². The molecule has 5 N–H and O–H groups in total. The van der Waals surface area contributed by atoms with E-state index in [4.69, 9.17) is 15.9 Å². The number of hydrogen-bond donors (Lipinski definition) is 4. The summed E-state index contributed by atoms with van der Waals surface area (Å²) in [5, 5.41) is 20.2. The highest BCUT2D eigenvalue weighted by atomic mass is 16.5. The minimum atomic E-state index is -0.958. The Balaban J connectivity index is 0.000000965. The smallest absolute Gasteiger partial charge is 0.337 e. The highest BCUT2D eigenvalue weighted by Gasteiger charge is 2.06. The maximum Gasteiger partial charge on any atom is 0.337 e. The van der Waals surface area contributed by atoms with E-state index in [2.05, 4.69) is 23.9 Å². The van der Waals surface area contributed by atoms with E-state index in [0.29, 0.717) is 29.8 Å². The maximum absolute atomic E-state index is 11.9. The predicted octanol–water partition coefficient (Wildman–Crippen LogP) is 15.0. The molecule has 60 heavy (non-hydrogen) atoms. The molecule has 0 unspecified atom stereocenters. The lowest BCUT2D eigenvalue weighted by molar-refractivity contribution is -0.137. The van der Waals surface area contributed by atoms with Gasteiger partial charge in [-0.05, 0) is 61.4 Å². The van der Waals surface area contributed by atoms with Crippen molar-refractivity contribution >= 4 is 35.2 Å². The molecule has 2 rings (SSSR count). The maximum atomic E-state index is 11.9. The lowest BCUT2D eigenvalue weighted by Gasteiger charge is -2.06. The first kappa shape index (κ1) is 56.1. The summed E-state index contributed by atoms with van der Waals surface area (Å²) in [6.07, 6.45) is 40.4. The number of methoxy groups -OCH3 is 1. The number of nitrogen functional groups attached to an aromatic ring is 1. The molecule has 0 heterocycles. The van der Waals surface area contributed by atoms with Crippen molar-refractivity contribution in [3.63, 3.8) is 0 Å². The standard InChI is InChI=1S/C25H41NO3.C18H36O2.C8H9NO2/c1-2-3-4-5-6-7-8-9-10-11-12-13-14-15-16-17-24(27)26-23-20-18-22(19-21-23)25(28)29;1-2-3-4-5-6-7-8-9-10-11-12-13-14-15-16-17-18(19)20;1-11-8(10)6-2-4-7(9)5-3-6/h18-21H,2-17H2,1H3,(H,26,27)(H,28,29);2-17H2,1H3,(H,19,20);2-5H,9H2,1H3. The van der Waals surface area contributed by atoms with Gasteiger partial charge in [0.1, 0.15) is 0 Å². The number of unbranched alkanes of at least 4 members (excludes halogenated alkanes) is 28. The number of carboxylic acid groups (broad SMARTS) is 2. The van der Waals surface area contributed by atoms with Gasteiger partial charge in [0.25, 0.3) is 0 Å². The van der Waals surface area contributed by atoms with Crippen molar-refractivity contribution in [1.82, 2.24) is 0 Å². The molecule has 0 aliphatic rings. The van der Waals surface area contributed by atoms with Crippen LogP contribution in [-0.2, 0) is 14.3 Å². The average molecular weight is 839 g/mol. The zero-order valence-electron chi connectivity index (χ0n) is 38.3. The van der Waals surface area contributed by atoms with Gasteiger partial charge in [-0.15, -0.1) is 0 Å². The van der Waals surface area contributed by atoms with Crippen LogP contribution in [0.4, 0.5) is 11.4 Å². The first-order valence-electron chi connectivity index (χ1n) is 23.9. The average Bonchev–Trinajstić information content (AvgIpc) is 3.24. The number of anilines is 2. The largest absolute Gasteiger partial charge is 0.481 e. The molecule has 0 radical (unpaired) electrons. The highest BCUT2D eigenvalue weighted by Crippen LogP contribution is 2.16. The van der Waals surface area contributed by atoms with Crippen LogP contribution in [0.1, 0.15) is 240 Å². The second kappa shape index (κ2) is 41.8. The zero-order valence-corrected chi connectivity index (χ0v) is 38.3. The fraction of sp³-hybridized carbons (Fsp3) is 0.686. The number of nitrogens with one attached hydrogen (secondary N) is 1. The number of carbonyl (C=O) groups excluding carboxylic acids is 2. The molecule has 0 bridgehead atoms. The van der Waals surface area contributed by atoms with Crippen LogP contribution in [0.3, 0.4) is 0 Å². The minimum absolute atomic E-state index is 0.00256. The van der Waals surface area contributed by atoms with E-state index in [0.717, 1.165) is 25.7 Å².